The first-order valence-electron chi connectivity index (χ1n) is 8.76. The zero-order valence-electron chi connectivity index (χ0n) is 14.6. The molecule has 0 aliphatic carbocycles. The van der Waals surface area contributed by atoms with Crippen LogP contribution in [0.25, 0.3) is 10.8 Å². The number of ether oxygens (including phenoxy) is 2. The second kappa shape index (κ2) is 8.32. The van der Waals surface area contributed by atoms with Gasteiger partial charge in [-0.2, -0.15) is 0 Å². The smallest absolute Gasteiger partial charge is 0.307 e. The molecule has 0 aromatic heterocycles. The van der Waals surface area contributed by atoms with E-state index in [1.165, 1.54) is 5.39 Å². The Kier molecular flexibility index (Phi) is 5.89. The number of rotatable bonds is 7. The van der Waals surface area contributed by atoms with Crippen LogP contribution in [-0.2, 0) is 16.1 Å². The Morgan fingerprint density at radius 3 is 2.88 bits per heavy atom. The van der Waals surface area contributed by atoms with Crippen molar-refractivity contribution in [2.45, 2.75) is 19.4 Å². The van der Waals surface area contributed by atoms with Crippen molar-refractivity contribution in [1.29, 1.82) is 0 Å². The first-order chi connectivity index (χ1) is 12.2. The van der Waals surface area contributed by atoms with Gasteiger partial charge in [-0.25, -0.2) is 0 Å². The van der Waals surface area contributed by atoms with Gasteiger partial charge in [0.2, 0.25) is 0 Å². The molecule has 25 heavy (non-hydrogen) atoms. The van der Waals surface area contributed by atoms with E-state index in [9.17, 15) is 9.90 Å². The van der Waals surface area contributed by atoms with Gasteiger partial charge in [0.25, 0.3) is 0 Å². The molecule has 1 N–H and O–H groups in total. The van der Waals surface area contributed by atoms with Gasteiger partial charge in [-0.1, -0.05) is 30.3 Å². The van der Waals surface area contributed by atoms with E-state index in [-0.39, 0.29) is 5.92 Å². The Morgan fingerprint density at radius 2 is 2.08 bits per heavy atom. The van der Waals surface area contributed by atoms with Crippen LogP contribution in [0.1, 0.15) is 18.4 Å². The molecule has 0 spiro atoms. The number of piperidine rings is 1. The van der Waals surface area contributed by atoms with Gasteiger partial charge < -0.3 is 14.6 Å². The average molecular weight is 343 g/mol. The van der Waals surface area contributed by atoms with Gasteiger partial charge in [0.15, 0.2) is 0 Å². The van der Waals surface area contributed by atoms with Crippen LogP contribution in [0, 0.1) is 5.92 Å². The maximum absolute atomic E-state index is 11.3. The number of benzene rings is 2. The second-order valence-corrected chi connectivity index (χ2v) is 6.52. The molecule has 0 amide bonds. The lowest BCUT2D eigenvalue weighted by Crippen LogP contribution is -2.38. The summed E-state index contributed by atoms with van der Waals surface area (Å²) in [6.45, 7) is 3.25. The van der Waals surface area contributed by atoms with Crippen LogP contribution in [-0.4, -0.2) is 49.4 Å². The highest BCUT2D eigenvalue weighted by atomic mass is 16.5. The zero-order chi connectivity index (χ0) is 17.6. The molecule has 1 saturated heterocycles. The number of carboxylic acids is 1. The third-order valence-electron chi connectivity index (χ3n) is 4.78. The Bertz CT molecular complexity index is 731. The minimum absolute atomic E-state index is 0.276. The number of fused-ring (bicyclic) bond motifs is 1. The third-order valence-corrected chi connectivity index (χ3v) is 4.78. The minimum Gasteiger partial charge on any atom is -0.491 e. The van der Waals surface area contributed by atoms with Crippen LogP contribution >= 0.6 is 0 Å². The summed E-state index contributed by atoms with van der Waals surface area (Å²) >= 11 is 0. The number of likely N-dealkylation sites (tertiary alicyclic amines) is 1. The molecule has 5 heteroatoms. The fraction of sp³-hybridized carbons (Fsp3) is 0.450. The van der Waals surface area contributed by atoms with Crippen LogP contribution in [0.3, 0.4) is 0 Å². The van der Waals surface area contributed by atoms with Gasteiger partial charge in [0.1, 0.15) is 12.4 Å². The quantitative estimate of drug-likeness (QED) is 0.783. The molecular formula is C20H25NO4. The summed E-state index contributed by atoms with van der Waals surface area (Å²) in [5, 5.41) is 11.7. The summed E-state index contributed by atoms with van der Waals surface area (Å²) in [7, 11) is 1.66. The third kappa shape index (κ3) is 4.30. The lowest BCUT2D eigenvalue weighted by molar-refractivity contribution is -0.143. The second-order valence-electron chi connectivity index (χ2n) is 6.52. The number of hydrogen-bond donors (Lipinski definition) is 1. The van der Waals surface area contributed by atoms with Crippen molar-refractivity contribution in [3.63, 3.8) is 0 Å². The number of methoxy groups -OCH3 is 1. The van der Waals surface area contributed by atoms with Crippen molar-refractivity contribution in [3.05, 3.63) is 42.0 Å². The molecule has 1 atom stereocenters. The van der Waals surface area contributed by atoms with Gasteiger partial charge in [0, 0.05) is 25.8 Å². The van der Waals surface area contributed by atoms with E-state index in [1.54, 1.807) is 7.11 Å². The first-order valence-corrected chi connectivity index (χ1v) is 8.76. The van der Waals surface area contributed by atoms with E-state index < -0.39 is 5.97 Å². The predicted molar refractivity (Wildman–Crippen MR) is 97.0 cm³/mol. The Labute approximate surface area is 148 Å². The summed E-state index contributed by atoms with van der Waals surface area (Å²) in [4.78, 5) is 13.6. The Morgan fingerprint density at radius 1 is 1.24 bits per heavy atom. The number of hydrogen-bond acceptors (Lipinski definition) is 4. The SMILES string of the molecule is COCCOc1ccc2ccccc2c1CN1CCCC(C(=O)O)C1. The lowest BCUT2D eigenvalue weighted by Gasteiger charge is -2.31. The number of nitrogens with zero attached hydrogens (tertiary/aromatic N) is 1. The van der Waals surface area contributed by atoms with Gasteiger partial charge in [-0.05, 0) is 36.2 Å². The van der Waals surface area contributed by atoms with Crippen molar-refractivity contribution in [2.75, 3.05) is 33.4 Å². The van der Waals surface area contributed by atoms with Crippen molar-refractivity contribution in [1.82, 2.24) is 4.90 Å². The summed E-state index contributed by atoms with van der Waals surface area (Å²) in [5.41, 5.74) is 1.13. The van der Waals surface area contributed by atoms with Crippen molar-refractivity contribution < 1.29 is 19.4 Å². The summed E-state index contributed by atoms with van der Waals surface area (Å²) in [6.07, 6.45) is 1.68. The van der Waals surface area contributed by atoms with E-state index in [4.69, 9.17) is 9.47 Å². The van der Waals surface area contributed by atoms with E-state index in [2.05, 4.69) is 23.1 Å². The highest BCUT2D eigenvalue weighted by molar-refractivity contribution is 5.87. The largest absolute Gasteiger partial charge is 0.491 e. The monoisotopic (exact) mass is 343 g/mol. The molecule has 5 nitrogen and oxygen atoms in total. The zero-order valence-corrected chi connectivity index (χ0v) is 14.6. The summed E-state index contributed by atoms with van der Waals surface area (Å²) in [6, 6.07) is 12.3. The van der Waals surface area contributed by atoms with E-state index >= 15 is 0 Å². The van der Waals surface area contributed by atoms with E-state index in [1.807, 2.05) is 18.2 Å². The highest BCUT2D eigenvalue weighted by Gasteiger charge is 2.26. The molecule has 1 fully saturated rings. The fourth-order valence-corrected chi connectivity index (χ4v) is 3.47. The normalized spacial score (nSPS) is 18.4. The predicted octanol–water partition coefficient (Wildman–Crippen LogP) is 3.16. The minimum atomic E-state index is -0.695. The summed E-state index contributed by atoms with van der Waals surface area (Å²) in [5.74, 6) is -0.117. The van der Waals surface area contributed by atoms with Crippen LogP contribution < -0.4 is 4.74 Å². The number of carbonyl (C=O) groups is 1. The van der Waals surface area contributed by atoms with Crippen LogP contribution in [0.4, 0.5) is 0 Å². The number of aliphatic carboxylic acids is 1. The molecule has 134 valence electrons. The first kappa shape index (κ1) is 17.7. The standard InChI is InChI=1S/C20H25NO4/c1-24-11-12-25-19-9-8-15-5-2-3-7-17(15)18(19)14-21-10-4-6-16(13-21)20(22)23/h2-3,5,7-9,16H,4,6,10-14H2,1H3,(H,22,23). The van der Waals surface area contributed by atoms with Gasteiger partial charge in [-0.3, -0.25) is 9.69 Å². The van der Waals surface area contributed by atoms with Crippen LogP contribution in [0.15, 0.2) is 36.4 Å². The van der Waals surface area contributed by atoms with Crippen molar-refractivity contribution in [2.24, 2.45) is 5.92 Å². The van der Waals surface area contributed by atoms with Crippen LogP contribution in [0.2, 0.25) is 0 Å². The molecule has 1 unspecified atom stereocenters. The van der Waals surface area contributed by atoms with Gasteiger partial charge in [-0.15, -0.1) is 0 Å². The molecule has 2 aromatic carbocycles. The topological polar surface area (TPSA) is 59.0 Å². The maximum atomic E-state index is 11.3. The lowest BCUT2D eigenvalue weighted by atomic mass is 9.96. The molecule has 1 aliphatic heterocycles. The molecule has 3 rings (SSSR count). The Balaban J connectivity index is 1.86. The van der Waals surface area contributed by atoms with Gasteiger partial charge >= 0.3 is 5.97 Å². The molecule has 1 heterocycles. The van der Waals surface area contributed by atoms with Gasteiger partial charge in [0.05, 0.1) is 12.5 Å². The van der Waals surface area contributed by atoms with Crippen molar-refractivity contribution in [3.8, 4) is 5.75 Å². The van der Waals surface area contributed by atoms with Crippen molar-refractivity contribution >= 4 is 16.7 Å². The summed E-state index contributed by atoms with van der Waals surface area (Å²) < 4.78 is 11.0. The maximum Gasteiger partial charge on any atom is 0.307 e. The molecule has 2 aromatic rings. The molecular weight excluding hydrogens is 318 g/mol. The number of carboxylic acid groups (broad SMARTS) is 1. The van der Waals surface area contributed by atoms with Crippen LogP contribution in [0.5, 0.6) is 5.75 Å². The molecule has 0 radical (unpaired) electrons. The Hall–Kier alpha value is -2.11. The highest BCUT2D eigenvalue weighted by Crippen LogP contribution is 2.31. The molecule has 0 saturated carbocycles. The van der Waals surface area contributed by atoms with E-state index in [0.717, 1.165) is 36.1 Å². The molecule has 1 aliphatic rings. The molecule has 0 bridgehead atoms. The van der Waals surface area contributed by atoms with E-state index in [0.29, 0.717) is 26.3 Å². The average Bonchev–Trinajstić information content (AvgIpc) is 2.63. The fourth-order valence-electron chi connectivity index (χ4n) is 3.47.